The Morgan fingerprint density at radius 2 is 1.52 bits per heavy atom. The first kappa shape index (κ1) is 17.4. The first-order valence-electron chi connectivity index (χ1n) is 7.27. The second kappa shape index (κ2) is 6.82. The molecule has 25 heavy (non-hydrogen) atoms. The number of nitrogens with one attached hydrogen (secondary N) is 1. The molecule has 0 unspecified atom stereocenters. The molecule has 0 bridgehead atoms. The summed E-state index contributed by atoms with van der Waals surface area (Å²) in [7, 11) is 0. The van der Waals surface area contributed by atoms with Gasteiger partial charge in [-0.1, -0.05) is 23.2 Å². The molecule has 1 heterocycles. The summed E-state index contributed by atoms with van der Waals surface area (Å²) in [5.74, 6) is -1.86. The third kappa shape index (κ3) is 3.50. The van der Waals surface area contributed by atoms with Crippen molar-refractivity contribution in [1.82, 2.24) is 4.90 Å². The van der Waals surface area contributed by atoms with Crippen LogP contribution in [0.2, 0.25) is 10.0 Å². The van der Waals surface area contributed by atoms with Gasteiger partial charge in [-0.25, -0.2) is 4.39 Å². The van der Waals surface area contributed by atoms with Crippen molar-refractivity contribution in [1.29, 1.82) is 0 Å². The lowest BCUT2D eigenvalue weighted by Crippen LogP contribution is -2.32. The van der Waals surface area contributed by atoms with Gasteiger partial charge in [0.25, 0.3) is 11.8 Å². The van der Waals surface area contributed by atoms with E-state index in [4.69, 9.17) is 23.2 Å². The van der Waals surface area contributed by atoms with Crippen LogP contribution in [0.25, 0.3) is 0 Å². The fourth-order valence-corrected chi connectivity index (χ4v) is 2.78. The van der Waals surface area contributed by atoms with E-state index >= 15 is 0 Å². The van der Waals surface area contributed by atoms with Crippen LogP contribution in [0.1, 0.15) is 27.1 Å². The van der Waals surface area contributed by atoms with E-state index in [0.29, 0.717) is 5.69 Å². The van der Waals surface area contributed by atoms with Crippen LogP contribution < -0.4 is 5.32 Å². The Balaban J connectivity index is 1.66. The van der Waals surface area contributed by atoms with Gasteiger partial charge < -0.3 is 5.32 Å². The molecule has 3 rings (SSSR count). The second-order valence-corrected chi connectivity index (χ2v) is 6.19. The van der Waals surface area contributed by atoms with Gasteiger partial charge in [0.1, 0.15) is 5.82 Å². The Kier molecular flexibility index (Phi) is 4.74. The third-order valence-electron chi connectivity index (χ3n) is 3.70. The van der Waals surface area contributed by atoms with E-state index in [1.807, 2.05) is 0 Å². The van der Waals surface area contributed by atoms with E-state index in [1.54, 1.807) is 0 Å². The maximum Gasteiger partial charge on any atom is 0.261 e. The van der Waals surface area contributed by atoms with Gasteiger partial charge >= 0.3 is 0 Å². The number of carbonyl (C=O) groups is 3. The number of halogens is 3. The highest BCUT2D eigenvalue weighted by Crippen LogP contribution is 2.31. The summed E-state index contributed by atoms with van der Waals surface area (Å²) in [6.07, 6.45) is -0.0929. The molecule has 128 valence electrons. The Bertz CT molecular complexity index is 843. The van der Waals surface area contributed by atoms with Gasteiger partial charge in [0.05, 0.1) is 21.2 Å². The molecule has 0 radical (unpaired) electrons. The van der Waals surface area contributed by atoms with Crippen LogP contribution in [0.15, 0.2) is 36.4 Å². The number of benzene rings is 2. The molecule has 0 saturated heterocycles. The summed E-state index contributed by atoms with van der Waals surface area (Å²) in [5.41, 5.74) is 0.754. The molecule has 2 aromatic carbocycles. The van der Waals surface area contributed by atoms with Crippen molar-refractivity contribution in [3.8, 4) is 0 Å². The highest BCUT2D eigenvalue weighted by Gasteiger charge is 2.36. The molecule has 8 heteroatoms. The van der Waals surface area contributed by atoms with Crippen LogP contribution in [-0.4, -0.2) is 29.2 Å². The number of hydrogen-bond donors (Lipinski definition) is 1. The van der Waals surface area contributed by atoms with Crippen LogP contribution in [0, 0.1) is 5.82 Å². The Morgan fingerprint density at radius 3 is 2.04 bits per heavy atom. The van der Waals surface area contributed by atoms with Gasteiger partial charge in [-0.05, 0) is 36.4 Å². The van der Waals surface area contributed by atoms with Crippen LogP contribution in [-0.2, 0) is 4.79 Å². The van der Waals surface area contributed by atoms with E-state index in [2.05, 4.69) is 5.32 Å². The topological polar surface area (TPSA) is 66.5 Å². The average Bonchev–Trinajstić information content (AvgIpc) is 2.79. The molecule has 0 spiro atoms. The van der Waals surface area contributed by atoms with Gasteiger partial charge in [0.15, 0.2) is 0 Å². The Labute approximate surface area is 152 Å². The van der Waals surface area contributed by atoms with Gasteiger partial charge in [-0.3, -0.25) is 19.3 Å². The molecular formula is C17H11Cl2FN2O3. The number of hydrogen-bond acceptors (Lipinski definition) is 3. The quantitative estimate of drug-likeness (QED) is 0.821. The monoisotopic (exact) mass is 380 g/mol. The molecule has 1 aliphatic rings. The zero-order valence-corrected chi connectivity index (χ0v) is 14.2. The summed E-state index contributed by atoms with van der Waals surface area (Å²) < 4.78 is 12.8. The minimum Gasteiger partial charge on any atom is -0.326 e. The van der Waals surface area contributed by atoms with Crippen molar-refractivity contribution in [2.45, 2.75) is 6.42 Å². The zero-order valence-electron chi connectivity index (χ0n) is 12.7. The number of amides is 3. The summed E-state index contributed by atoms with van der Waals surface area (Å²) >= 11 is 11.8. The molecule has 0 aliphatic carbocycles. The summed E-state index contributed by atoms with van der Waals surface area (Å²) in [4.78, 5) is 37.5. The standard InChI is InChI=1S/C17H11Cl2FN2O3/c18-13-7-11-12(8-14(13)19)17(25)22(16(11)24)6-5-15(23)21-10-3-1-9(20)2-4-10/h1-4,7-8H,5-6H2,(H,21,23). The van der Waals surface area contributed by atoms with Crippen LogP contribution in [0.3, 0.4) is 0 Å². The fourth-order valence-electron chi connectivity index (χ4n) is 2.46. The number of rotatable bonds is 4. The molecule has 0 aromatic heterocycles. The zero-order chi connectivity index (χ0) is 18.1. The lowest BCUT2D eigenvalue weighted by atomic mass is 10.1. The first-order chi connectivity index (χ1) is 11.9. The van der Waals surface area contributed by atoms with Crippen molar-refractivity contribution >= 4 is 46.6 Å². The van der Waals surface area contributed by atoms with Crippen molar-refractivity contribution in [2.75, 3.05) is 11.9 Å². The third-order valence-corrected chi connectivity index (χ3v) is 4.42. The molecule has 2 aromatic rings. The van der Waals surface area contributed by atoms with E-state index < -0.39 is 23.5 Å². The minimum atomic E-state index is -0.520. The van der Waals surface area contributed by atoms with Gasteiger partial charge in [0, 0.05) is 18.7 Å². The molecule has 0 atom stereocenters. The smallest absolute Gasteiger partial charge is 0.261 e. The number of nitrogens with zero attached hydrogens (tertiary/aromatic N) is 1. The molecule has 5 nitrogen and oxygen atoms in total. The Hall–Kier alpha value is -2.44. The van der Waals surface area contributed by atoms with Crippen LogP contribution >= 0.6 is 23.2 Å². The van der Waals surface area contributed by atoms with E-state index in [9.17, 15) is 18.8 Å². The number of imide groups is 1. The number of fused-ring (bicyclic) bond motifs is 1. The van der Waals surface area contributed by atoms with Crippen LogP contribution in [0.4, 0.5) is 10.1 Å². The normalized spacial score (nSPS) is 13.2. The fraction of sp³-hybridized carbons (Fsp3) is 0.118. The highest BCUT2D eigenvalue weighted by atomic mass is 35.5. The maximum atomic E-state index is 12.8. The summed E-state index contributed by atoms with van der Waals surface area (Å²) in [6, 6.07) is 7.95. The first-order valence-corrected chi connectivity index (χ1v) is 8.03. The van der Waals surface area contributed by atoms with Crippen LogP contribution in [0.5, 0.6) is 0 Å². The minimum absolute atomic E-state index is 0.0887. The largest absolute Gasteiger partial charge is 0.326 e. The summed E-state index contributed by atoms with van der Waals surface area (Å²) in [6.45, 7) is -0.0887. The van der Waals surface area contributed by atoms with E-state index in [1.165, 1.54) is 36.4 Å². The van der Waals surface area contributed by atoms with Crippen molar-refractivity contribution in [2.24, 2.45) is 0 Å². The molecule has 1 N–H and O–H groups in total. The van der Waals surface area contributed by atoms with E-state index in [0.717, 1.165) is 4.90 Å². The van der Waals surface area contributed by atoms with Crippen molar-refractivity contribution in [3.05, 3.63) is 63.4 Å². The molecule has 3 amide bonds. The summed E-state index contributed by atoms with van der Waals surface area (Å²) in [5, 5.41) is 2.92. The number of anilines is 1. The maximum absolute atomic E-state index is 12.8. The van der Waals surface area contributed by atoms with Gasteiger partial charge in [-0.2, -0.15) is 0 Å². The lowest BCUT2D eigenvalue weighted by Gasteiger charge is -2.13. The lowest BCUT2D eigenvalue weighted by molar-refractivity contribution is -0.116. The highest BCUT2D eigenvalue weighted by molar-refractivity contribution is 6.43. The SMILES string of the molecule is O=C(CCN1C(=O)c2cc(Cl)c(Cl)cc2C1=O)Nc1ccc(F)cc1. The van der Waals surface area contributed by atoms with E-state index in [-0.39, 0.29) is 34.1 Å². The number of carbonyl (C=O) groups excluding carboxylic acids is 3. The molecule has 1 aliphatic heterocycles. The molecular weight excluding hydrogens is 370 g/mol. The van der Waals surface area contributed by atoms with Crippen molar-refractivity contribution in [3.63, 3.8) is 0 Å². The predicted octanol–water partition coefficient (Wildman–Crippen LogP) is 3.76. The molecule has 0 fully saturated rings. The molecule has 0 saturated carbocycles. The van der Waals surface area contributed by atoms with Gasteiger partial charge in [0.2, 0.25) is 5.91 Å². The predicted molar refractivity (Wildman–Crippen MR) is 91.5 cm³/mol. The van der Waals surface area contributed by atoms with Gasteiger partial charge in [-0.15, -0.1) is 0 Å². The second-order valence-electron chi connectivity index (χ2n) is 5.38. The Morgan fingerprint density at radius 1 is 1.00 bits per heavy atom. The van der Waals surface area contributed by atoms with Crippen molar-refractivity contribution < 1.29 is 18.8 Å². The average molecular weight is 381 g/mol.